The molecule has 0 unspecified atom stereocenters. The molecule has 0 saturated heterocycles. The summed E-state index contributed by atoms with van der Waals surface area (Å²) in [4.78, 5) is 9.83. The molecule has 0 atom stereocenters. The van der Waals surface area contributed by atoms with Crippen LogP contribution in [0.15, 0.2) is 0 Å². The van der Waals surface area contributed by atoms with E-state index in [2.05, 4.69) is 4.18 Å². The Hall–Kier alpha value is -0.660. The number of carbonyl (C=O) groups is 1. The molecule has 0 radical (unpaired) electrons. The quantitative estimate of drug-likeness (QED) is 0.566. The third-order valence-corrected chi connectivity index (χ3v) is 1.73. The number of carboxylic acid groups (broad SMARTS) is 1. The van der Waals surface area contributed by atoms with E-state index in [0.717, 1.165) is 0 Å². The maximum absolute atomic E-state index is 10.5. The molecule has 11 heavy (non-hydrogen) atoms. The van der Waals surface area contributed by atoms with E-state index in [1.165, 1.54) is 0 Å². The normalized spacial score (nSPS) is 11.4. The second-order valence-corrected chi connectivity index (χ2v) is 3.04. The molecule has 66 valence electrons. The van der Waals surface area contributed by atoms with Crippen LogP contribution in [0.4, 0.5) is 0 Å². The molecule has 0 rings (SSSR count). The zero-order valence-corrected chi connectivity index (χ0v) is 6.72. The summed E-state index contributed by atoms with van der Waals surface area (Å²) in [6.45, 7) is 0.874. The highest BCUT2D eigenvalue weighted by Gasteiger charge is 2.10. The summed E-state index contributed by atoms with van der Waals surface area (Å²) in [6.07, 6.45) is 0. The highest BCUT2D eigenvalue weighted by Crippen LogP contribution is 1.85. The minimum absolute atomic E-state index is 0.169. The van der Waals surface area contributed by atoms with Crippen LogP contribution in [-0.2, 0) is 19.3 Å². The van der Waals surface area contributed by atoms with Crippen LogP contribution in [0.3, 0.4) is 0 Å². The van der Waals surface area contributed by atoms with Gasteiger partial charge in [0.1, 0.15) is 0 Å². The largest absolute Gasteiger partial charge is 0.479 e. The van der Waals surface area contributed by atoms with Gasteiger partial charge in [0.25, 0.3) is 0 Å². The van der Waals surface area contributed by atoms with E-state index in [1.807, 2.05) is 4.72 Å². The molecule has 2 N–H and O–H groups in total. The molecular weight excluding hydrogens is 174 g/mol. The molecule has 0 heterocycles. The van der Waals surface area contributed by atoms with Crippen molar-refractivity contribution in [1.82, 2.24) is 4.72 Å². The lowest BCUT2D eigenvalue weighted by Gasteiger charge is -2.01. The molecular formula is C4H9NO5S. The number of hydrogen-bond acceptors (Lipinski definition) is 4. The first-order valence-corrected chi connectivity index (χ1v) is 4.24. The molecule has 0 aliphatic carbocycles. The van der Waals surface area contributed by atoms with Crippen LogP contribution in [0.5, 0.6) is 0 Å². The Morgan fingerprint density at radius 2 is 2.18 bits per heavy atom. The van der Waals surface area contributed by atoms with Crippen molar-refractivity contribution in [3.63, 3.8) is 0 Å². The lowest BCUT2D eigenvalue weighted by molar-refractivity contribution is -0.139. The first-order chi connectivity index (χ1) is 4.98. The van der Waals surface area contributed by atoms with Crippen LogP contribution in [0.1, 0.15) is 6.92 Å². The fourth-order valence-corrected chi connectivity index (χ4v) is 1.04. The SMILES string of the molecule is CCNS(=O)(=O)OCC(=O)O. The summed E-state index contributed by atoms with van der Waals surface area (Å²) < 4.78 is 27.0. The van der Waals surface area contributed by atoms with Gasteiger partial charge in [-0.3, -0.25) is 0 Å². The Morgan fingerprint density at radius 1 is 1.64 bits per heavy atom. The summed E-state index contributed by atoms with van der Waals surface area (Å²) >= 11 is 0. The molecule has 0 saturated carbocycles. The van der Waals surface area contributed by atoms with Gasteiger partial charge in [-0.15, -0.1) is 0 Å². The molecule has 0 aliphatic rings. The van der Waals surface area contributed by atoms with Crippen molar-refractivity contribution in [2.24, 2.45) is 0 Å². The van der Waals surface area contributed by atoms with Crippen molar-refractivity contribution in [3.05, 3.63) is 0 Å². The first-order valence-electron chi connectivity index (χ1n) is 2.83. The maximum atomic E-state index is 10.5. The van der Waals surface area contributed by atoms with E-state index in [-0.39, 0.29) is 6.54 Å². The fourth-order valence-electron chi connectivity index (χ4n) is 0.346. The molecule has 6 nitrogen and oxygen atoms in total. The van der Waals surface area contributed by atoms with Crippen LogP contribution in [0, 0.1) is 0 Å². The third kappa shape index (κ3) is 5.77. The lowest BCUT2D eigenvalue weighted by atomic mass is 10.8. The first kappa shape index (κ1) is 10.3. The van der Waals surface area contributed by atoms with E-state index >= 15 is 0 Å². The fraction of sp³-hybridized carbons (Fsp3) is 0.750. The van der Waals surface area contributed by atoms with Crippen LogP contribution in [0.25, 0.3) is 0 Å². The predicted molar refractivity (Wildman–Crippen MR) is 36.2 cm³/mol. The molecule has 0 aromatic rings. The zero-order chi connectivity index (χ0) is 8.91. The van der Waals surface area contributed by atoms with Crippen LogP contribution in [0.2, 0.25) is 0 Å². The molecule has 0 aliphatic heterocycles. The number of hydrogen-bond donors (Lipinski definition) is 2. The minimum atomic E-state index is -3.86. The smallest absolute Gasteiger partial charge is 0.336 e. The van der Waals surface area contributed by atoms with Crippen LogP contribution in [-0.4, -0.2) is 32.6 Å². The molecule has 0 amide bonds. The van der Waals surface area contributed by atoms with Crippen LogP contribution < -0.4 is 4.72 Å². The Balaban J connectivity index is 3.84. The van der Waals surface area contributed by atoms with Gasteiger partial charge in [0.2, 0.25) is 0 Å². The minimum Gasteiger partial charge on any atom is -0.479 e. The van der Waals surface area contributed by atoms with Gasteiger partial charge in [-0.2, -0.15) is 13.1 Å². The zero-order valence-electron chi connectivity index (χ0n) is 5.90. The molecule has 7 heteroatoms. The monoisotopic (exact) mass is 183 g/mol. The van der Waals surface area contributed by atoms with Crippen molar-refractivity contribution in [2.75, 3.05) is 13.2 Å². The molecule has 0 spiro atoms. The summed E-state index contributed by atoms with van der Waals surface area (Å²) in [7, 11) is -3.86. The van der Waals surface area contributed by atoms with E-state index < -0.39 is 22.9 Å². The Bertz CT molecular complexity index is 221. The lowest BCUT2D eigenvalue weighted by Crippen LogP contribution is -2.27. The third-order valence-electron chi connectivity index (χ3n) is 0.659. The second kappa shape index (κ2) is 4.27. The Kier molecular flexibility index (Phi) is 4.01. The Morgan fingerprint density at radius 3 is 2.55 bits per heavy atom. The van der Waals surface area contributed by atoms with Gasteiger partial charge in [-0.05, 0) is 0 Å². The standard InChI is InChI=1S/C4H9NO5S/c1-2-5-11(8,9)10-3-4(6)7/h5H,2-3H2,1H3,(H,6,7). The van der Waals surface area contributed by atoms with E-state index in [9.17, 15) is 13.2 Å². The van der Waals surface area contributed by atoms with Gasteiger partial charge >= 0.3 is 16.3 Å². The van der Waals surface area contributed by atoms with Crippen molar-refractivity contribution >= 4 is 16.3 Å². The molecule has 0 aromatic carbocycles. The average Bonchev–Trinajstić information content (AvgIpc) is 1.84. The van der Waals surface area contributed by atoms with Crippen molar-refractivity contribution in [1.29, 1.82) is 0 Å². The average molecular weight is 183 g/mol. The topological polar surface area (TPSA) is 92.7 Å². The van der Waals surface area contributed by atoms with E-state index in [0.29, 0.717) is 0 Å². The van der Waals surface area contributed by atoms with Gasteiger partial charge in [-0.25, -0.2) is 8.98 Å². The predicted octanol–water partition coefficient (Wildman–Crippen LogP) is -1.06. The molecule has 0 bridgehead atoms. The van der Waals surface area contributed by atoms with Crippen LogP contribution >= 0.6 is 0 Å². The molecule has 0 fully saturated rings. The molecule has 0 aromatic heterocycles. The van der Waals surface area contributed by atoms with Crippen molar-refractivity contribution < 1.29 is 22.5 Å². The highest BCUT2D eigenvalue weighted by molar-refractivity contribution is 7.84. The Labute approximate surface area is 64.4 Å². The second-order valence-electron chi connectivity index (χ2n) is 1.61. The van der Waals surface area contributed by atoms with Gasteiger partial charge in [0.15, 0.2) is 6.61 Å². The summed E-state index contributed by atoms with van der Waals surface area (Å²) in [5.41, 5.74) is 0. The number of aliphatic carboxylic acids is 1. The number of rotatable bonds is 5. The highest BCUT2D eigenvalue weighted by atomic mass is 32.2. The van der Waals surface area contributed by atoms with E-state index in [4.69, 9.17) is 5.11 Å². The van der Waals surface area contributed by atoms with Gasteiger partial charge in [-0.1, -0.05) is 6.92 Å². The van der Waals surface area contributed by atoms with Gasteiger partial charge in [0, 0.05) is 6.54 Å². The summed E-state index contributed by atoms with van der Waals surface area (Å²) in [5, 5.41) is 8.03. The number of nitrogens with one attached hydrogen (secondary N) is 1. The summed E-state index contributed by atoms with van der Waals surface area (Å²) in [6, 6.07) is 0. The van der Waals surface area contributed by atoms with Gasteiger partial charge < -0.3 is 5.11 Å². The summed E-state index contributed by atoms with van der Waals surface area (Å²) in [5.74, 6) is -1.33. The van der Waals surface area contributed by atoms with Crippen molar-refractivity contribution in [2.45, 2.75) is 6.92 Å². The maximum Gasteiger partial charge on any atom is 0.336 e. The van der Waals surface area contributed by atoms with Crippen molar-refractivity contribution in [3.8, 4) is 0 Å². The number of carboxylic acids is 1. The van der Waals surface area contributed by atoms with Gasteiger partial charge in [0.05, 0.1) is 0 Å². The van der Waals surface area contributed by atoms with E-state index in [1.54, 1.807) is 6.92 Å².